The maximum atomic E-state index is 9.47. The van der Waals surface area contributed by atoms with Crippen LogP contribution < -0.4 is 9.80 Å². The second-order valence-electron chi connectivity index (χ2n) is 7.00. The SMILES string of the molecule is Cc1csc(C2CN(c3cc(N4CCCC(CO)C4)ncn3)CCO2)n1. The molecule has 0 spiro atoms. The molecule has 0 aliphatic carbocycles. The normalized spacial score (nSPS) is 24.1. The van der Waals surface area contributed by atoms with Crippen molar-refractivity contribution in [1.82, 2.24) is 15.0 Å². The number of aliphatic hydroxyl groups is 1. The van der Waals surface area contributed by atoms with Crippen LogP contribution in [-0.4, -0.2) is 59.5 Å². The first-order valence-corrected chi connectivity index (χ1v) is 10.1. The Morgan fingerprint density at radius 1 is 1.23 bits per heavy atom. The number of aryl methyl sites for hydroxylation is 1. The van der Waals surface area contributed by atoms with E-state index in [9.17, 15) is 5.11 Å². The summed E-state index contributed by atoms with van der Waals surface area (Å²) in [5.74, 6) is 2.21. The van der Waals surface area contributed by atoms with Gasteiger partial charge in [0.05, 0.1) is 13.2 Å². The molecule has 2 unspecified atom stereocenters. The molecule has 26 heavy (non-hydrogen) atoms. The fourth-order valence-corrected chi connectivity index (χ4v) is 4.47. The Morgan fingerprint density at radius 2 is 2.04 bits per heavy atom. The summed E-state index contributed by atoms with van der Waals surface area (Å²) in [4.78, 5) is 18.1. The zero-order valence-corrected chi connectivity index (χ0v) is 15.9. The highest BCUT2D eigenvalue weighted by atomic mass is 32.1. The topological polar surface area (TPSA) is 74.6 Å². The Morgan fingerprint density at radius 3 is 2.77 bits per heavy atom. The molecule has 0 radical (unpaired) electrons. The van der Waals surface area contributed by atoms with E-state index < -0.39 is 0 Å². The number of rotatable bonds is 4. The zero-order valence-electron chi connectivity index (χ0n) is 15.0. The van der Waals surface area contributed by atoms with Crippen LogP contribution >= 0.6 is 11.3 Å². The molecule has 4 rings (SSSR count). The maximum absolute atomic E-state index is 9.47. The molecule has 0 aromatic carbocycles. The summed E-state index contributed by atoms with van der Waals surface area (Å²) in [5.41, 5.74) is 1.04. The number of aromatic nitrogens is 3. The van der Waals surface area contributed by atoms with E-state index in [1.807, 2.05) is 6.92 Å². The Kier molecular flexibility index (Phi) is 5.33. The van der Waals surface area contributed by atoms with Crippen LogP contribution in [0.3, 0.4) is 0 Å². The highest BCUT2D eigenvalue weighted by molar-refractivity contribution is 7.09. The van der Waals surface area contributed by atoms with Crippen LogP contribution in [0.2, 0.25) is 0 Å². The van der Waals surface area contributed by atoms with E-state index in [1.54, 1.807) is 17.7 Å². The first kappa shape index (κ1) is 17.6. The average Bonchev–Trinajstić information content (AvgIpc) is 3.15. The zero-order chi connectivity index (χ0) is 17.9. The van der Waals surface area contributed by atoms with E-state index in [2.05, 4.69) is 36.2 Å². The predicted octanol–water partition coefficient (Wildman–Crippen LogP) is 2.03. The van der Waals surface area contributed by atoms with Crippen molar-refractivity contribution < 1.29 is 9.84 Å². The summed E-state index contributed by atoms with van der Waals surface area (Å²) < 4.78 is 5.93. The number of thiazole rings is 1. The first-order valence-electron chi connectivity index (χ1n) is 9.19. The van der Waals surface area contributed by atoms with Gasteiger partial charge in [0.2, 0.25) is 0 Å². The molecular weight excluding hydrogens is 350 g/mol. The lowest BCUT2D eigenvalue weighted by Gasteiger charge is -2.35. The molecule has 0 bridgehead atoms. The Hall–Kier alpha value is -1.77. The molecule has 1 N–H and O–H groups in total. The molecule has 4 heterocycles. The summed E-state index contributed by atoms with van der Waals surface area (Å²) in [5, 5.41) is 12.6. The molecule has 2 aromatic rings. The van der Waals surface area contributed by atoms with E-state index in [1.165, 1.54) is 0 Å². The van der Waals surface area contributed by atoms with Crippen molar-refractivity contribution in [3.05, 3.63) is 28.5 Å². The molecule has 0 amide bonds. The van der Waals surface area contributed by atoms with Gasteiger partial charge in [0.25, 0.3) is 0 Å². The number of nitrogens with zero attached hydrogens (tertiary/aromatic N) is 5. The Balaban J connectivity index is 1.49. The van der Waals surface area contributed by atoms with Crippen molar-refractivity contribution in [2.24, 2.45) is 5.92 Å². The van der Waals surface area contributed by atoms with Crippen molar-refractivity contribution in [3.8, 4) is 0 Å². The van der Waals surface area contributed by atoms with Crippen molar-refractivity contribution >= 4 is 23.0 Å². The quantitative estimate of drug-likeness (QED) is 0.876. The van der Waals surface area contributed by atoms with Gasteiger partial charge in [-0.1, -0.05) is 0 Å². The molecule has 0 saturated carbocycles. The van der Waals surface area contributed by atoms with Gasteiger partial charge in [0.15, 0.2) is 0 Å². The van der Waals surface area contributed by atoms with Crippen molar-refractivity contribution in [1.29, 1.82) is 0 Å². The monoisotopic (exact) mass is 375 g/mol. The number of ether oxygens (including phenoxy) is 1. The van der Waals surface area contributed by atoms with Crippen molar-refractivity contribution in [2.75, 3.05) is 49.2 Å². The molecule has 140 valence electrons. The van der Waals surface area contributed by atoms with E-state index in [4.69, 9.17) is 4.74 Å². The summed E-state index contributed by atoms with van der Waals surface area (Å²) in [7, 11) is 0. The van der Waals surface area contributed by atoms with Crippen LogP contribution in [0.4, 0.5) is 11.6 Å². The highest BCUT2D eigenvalue weighted by Crippen LogP contribution is 2.29. The van der Waals surface area contributed by atoms with Gasteiger partial charge in [-0.25, -0.2) is 15.0 Å². The summed E-state index contributed by atoms with van der Waals surface area (Å²) in [6.45, 7) is 6.33. The van der Waals surface area contributed by atoms with Crippen LogP contribution in [0, 0.1) is 12.8 Å². The lowest BCUT2D eigenvalue weighted by atomic mass is 9.99. The third-order valence-electron chi connectivity index (χ3n) is 5.04. The summed E-state index contributed by atoms with van der Waals surface area (Å²) >= 11 is 1.65. The van der Waals surface area contributed by atoms with Gasteiger partial charge >= 0.3 is 0 Å². The van der Waals surface area contributed by atoms with Crippen LogP contribution in [0.25, 0.3) is 0 Å². The van der Waals surface area contributed by atoms with Gasteiger partial charge in [-0.3, -0.25) is 0 Å². The average molecular weight is 375 g/mol. The van der Waals surface area contributed by atoms with Gasteiger partial charge in [0, 0.05) is 43.4 Å². The fraction of sp³-hybridized carbons (Fsp3) is 0.611. The number of anilines is 2. The maximum Gasteiger partial charge on any atom is 0.134 e. The summed E-state index contributed by atoms with van der Waals surface area (Å²) in [6.07, 6.45) is 3.82. The van der Waals surface area contributed by atoms with E-state index in [0.29, 0.717) is 12.5 Å². The number of hydrogen-bond donors (Lipinski definition) is 1. The molecule has 2 aromatic heterocycles. The lowest BCUT2D eigenvalue weighted by molar-refractivity contribution is 0.0393. The number of piperidine rings is 1. The van der Waals surface area contributed by atoms with E-state index >= 15 is 0 Å². The van der Waals surface area contributed by atoms with Gasteiger partial charge in [-0.2, -0.15) is 0 Å². The number of morpholine rings is 1. The van der Waals surface area contributed by atoms with Gasteiger partial charge in [0.1, 0.15) is 29.1 Å². The minimum Gasteiger partial charge on any atom is -0.396 e. The molecule has 2 fully saturated rings. The first-order chi connectivity index (χ1) is 12.7. The Labute approximate surface area is 157 Å². The smallest absolute Gasteiger partial charge is 0.134 e. The summed E-state index contributed by atoms with van der Waals surface area (Å²) in [6, 6.07) is 2.06. The molecule has 8 heteroatoms. The van der Waals surface area contributed by atoms with Crippen LogP contribution in [-0.2, 0) is 4.74 Å². The highest BCUT2D eigenvalue weighted by Gasteiger charge is 2.26. The molecule has 2 aliphatic heterocycles. The minimum atomic E-state index is -0.00498. The van der Waals surface area contributed by atoms with Crippen molar-refractivity contribution in [3.63, 3.8) is 0 Å². The lowest BCUT2D eigenvalue weighted by Crippen LogP contribution is -2.40. The molecule has 2 saturated heterocycles. The van der Waals surface area contributed by atoms with Crippen molar-refractivity contribution in [2.45, 2.75) is 25.9 Å². The van der Waals surface area contributed by atoms with E-state index in [0.717, 1.165) is 61.4 Å². The fourth-order valence-electron chi connectivity index (χ4n) is 3.63. The Bertz CT molecular complexity index is 740. The number of hydrogen-bond acceptors (Lipinski definition) is 8. The molecule has 2 aliphatic rings. The third-order valence-corrected chi connectivity index (χ3v) is 6.10. The second kappa shape index (κ2) is 7.85. The largest absolute Gasteiger partial charge is 0.396 e. The molecule has 7 nitrogen and oxygen atoms in total. The number of aliphatic hydroxyl groups excluding tert-OH is 1. The van der Waals surface area contributed by atoms with Gasteiger partial charge < -0.3 is 19.6 Å². The van der Waals surface area contributed by atoms with Gasteiger partial charge in [-0.05, 0) is 25.7 Å². The van der Waals surface area contributed by atoms with Gasteiger partial charge in [-0.15, -0.1) is 11.3 Å². The van der Waals surface area contributed by atoms with E-state index in [-0.39, 0.29) is 12.7 Å². The minimum absolute atomic E-state index is 0.00498. The standard InChI is InChI=1S/C18H25N5O2S/c1-13-11-26-18(21-13)15-9-23(5-6-25-15)17-7-16(19-12-20-17)22-4-2-3-14(8-22)10-24/h7,11-12,14-15,24H,2-6,8-10H2,1H3. The second-order valence-corrected chi connectivity index (χ2v) is 7.89. The predicted molar refractivity (Wildman–Crippen MR) is 102 cm³/mol. The van der Waals surface area contributed by atoms with Crippen LogP contribution in [0.15, 0.2) is 17.8 Å². The van der Waals surface area contributed by atoms with Crippen LogP contribution in [0.5, 0.6) is 0 Å². The molecular formula is C18H25N5O2S. The third kappa shape index (κ3) is 3.82. The van der Waals surface area contributed by atoms with Crippen LogP contribution in [0.1, 0.15) is 29.6 Å². The molecule has 2 atom stereocenters.